The summed E-state index contributed by atoms with van der Waals surface area (Å²) in [5.41, 5.74) is 0.616. The minimum absolute atomic E-state index is 0.616. The molecule has 0 aromatic rings. The maximum atomic E-state index is 2.45. The van der Waals surface area contributed by atoms with Gasteiger partial charge in [-0.25, -0.2) is 0 Å². The van der Waals surface area contributed by atoms with Crippen LogP contribution in [0.4, 0.5) is 0 Å². The molecule has 0 saturated heterocycles. The second kappa shape index (κ2) is 4.48. The van der Waals surface area contributed by atoms with Gasteiger partial charge in [-0.3, -0.25) is 0 Å². The van der Waals surface area contributed by atoms with Gasteiger partial charge in [0.1, 0.15) is 0 Å². The molecule has 1 fully saturated rings. The van der Waals surface area contributed by atoms with Crippen LogP contribution in [0.5, 0.6) is 0 Å². The summed E-state index contributed by atoms with van der Waals surface area (Å²) in [7, 11) is 0. The second-order valence-electron chi connectivity index (χ2n) is 5.90. The van der Waals surface area contributed by atoms with E-state index in [1.807, 2.05) is 0 Å². The quantitative estimate of drug-likeness (QED) is 0.546. The Morgan fingerprint density at radius 2 is 2.00 bits per heavy atom. The third kappa shape index (κ3) is 3.70. The standard InChI is InChI=1S/C13H26/c1-5-6-12-9-11(2)7-8-13(3,4)10-12/h11-12H,5-10H2,1-4H3. The van der Waals surface area contributed by atoms with Crippen molar-refractivity contribution in [1.82, 2.24) is 0 Å². The zero-order valence-electron chi connectivity index (χ0n) is 9.90. The lowest BCUT2D eigenvalue weighted by Gasteiger charge is -2.26. The largest absolute Gasteiger partial charge is 0.0654 e. The van der Waals surface area contributed by atoms with Crippen LogP contribution in [-0.2, 0) is 0 Å². The van der Waals surface area contributed by atoms with Gasteiger partial charge in [0, 0.05) is 0 Å². The zero-order valence-corrected chi connectivity index (χ0v) is 9.90. The van der Waals surface area contributed by atoms with E-state index in [1.165, 1.54) is 38.5 Å². The van der Waals surface area contributed by atoms with Crippen molar-refractivity contribution < 1.29 is 0 Å². The summed E-state index contributed by atoms with van der Waals surface area (Å²) in [6.45, 7) is 9.66. The van der Waals surface area contributed by atoms with E-state index in [4.69, 9.17) is 0 Å². The average molecular weight is 182 g/mol. The van der Waals surface area contributed by atoms with Crippen molar-refractivity contribution in [3.05, 3.63) is 0 Å². The molecule has 0 amide bonds. The van der Waals surface area contributed by atoms with Crippen LogP contribution in [0.2, 0.25) is 0 Å². The summed E-state index contributed by atoms with van der Waals surface area (Å²) in [6, 6.07) is 0. The molecule has 2 unspecified atom stereocenters. The van der Waals surface area contributed by atoms with E-state index in [0.29, 0.717) is 5.41 Å². The number of rotatable bonds is 2. The molecule has 0 bridgehead atoms. The van der Waals surface area contributed by atoms with Gasteiger partial charge in [0.2, 0.25) is 0 Å². The molecule has 0 heteroatoms. The Balaban J connectivity index is 2.52. The normalized spacial score (nSPS) is 34.2. The van der Waals surface area contributed by atoms with Gasteiger partial charge in [-0.05, 0) is 36.5 Å². The highest BCUT2D eigenvalue weighted by Gasteiger charge is 2.28. The van der Waals surface area contributed by atoms with Gasteiger partial charge in [0.25, 0.3) is 0 Å². The predicted molar refractivity (Wildman–Crippen MR) is 59.8 cm³/mol. The molecule has 0 N–H and O–H groups in total. The first-order valence-corrected chi connectivity index (χ1v) is 6.03. The molecular formula is C13H26. The molecule has 0 nitrogen and oxygen atoms in total. The molecule has 13 heavy (non-hydrogen) atoms. The van der Waals surface area contributed by atoms with Crippen molar-refractivity contribution in [3.8, 4) is 0 Å². The fourth-order valence-corrected chi connectivity index (χ4v) is 2.92. The van der Waals surface area contributed by atoms with E-state index in [9.17, 15) is 0 Å². The molecule has 0 aromatic carbocycles. The van der Waals surface area contributed by atoms with Crippen LogP contribution in [0.3, 0.4) is 0 Å². The molecule has 1 rings (SSSR count). The van der Waals surface area contributed by atoms with Crippen LogP contribution in [0.1, 0.15) is 66.2 Å². The van der Waals surface area contributed by atoms with Crippen LogP contribution in [0.25, 0.3) is 0 Å². The van der Waals surface area contributed by atoms with E-state index >= 15 is 0 Å². The summed E-state index contributed by atoms with van der Waals surface area (Å²) >= 11 is 0. The van der Waals surface area contributed by atoms with Gasteiger partial charge in [-0.2, -0.15) is 0 Å². The SMILES string of the molecule is CCCC1CC(C)CCC(C)(C)C1. The van der Waals surface area contributed by atoms with Crippen LogP contribution >= 0.6 is 0 Å². The van der Waals surface area contributed by atoms with Crippen LogP contribution in [-0.4, -0.2) is 0 Å². The van der Waals surface area contributed by atoms with Crippen molar-refractivity contribution in [1.29, 1.82) is 0 Å². The molecule has 1 aliphatic carbocycles. The number of hydrogen-bond acceptors (Lipinski definition) is 0. The van der Waals surface area contributed by atoms with Crippen molar-refractivity contribution in [2.75, 3.05) is 0 Å². The molecule has 0 spiro atoms. The average Bonchev–Trinajstić information content (AvgIpc) is 2.11. The van der Waals surface area contributed by atoms with Crippen molar-refractivity contribution >= 4 is 0 Å². The molecule has 0 heterocycles. The van der Waals surface area contributed by atoms with Crippen molar-refractivity contribution in [2.24, 2.45) is 17.3 Å². The summed E-state index contributed by atoms with van der Waals surface area (Å²) in [6.07, 6.45) is 8.66. The lowest BCUT2D eigenvalue weighted by atomic mass is 9.80. The van der Waals surface area contributed by atoms with Gasteiger partial charge in [-0.15, -0.1) is 0 Å². The van der Waals surface area contributed by atoms with Crippen molar-refractivity contribution in [3.63, 3.8) is 0 Å². The Bertz CT molecular complexity index is 146. The second-order valence-corrected chi connectivity index (χ2v) is 5.90. The van der Waals surface area contributed by atoms with E-state index in [0.717, 1.165) is 11.8 Å². The molecule has 78 valence electrons. The van der Waals surface area contributed by atoms with Gasteiger partial charge in [-0.1, -0.05) is 47.0 Å². The Kier molecular flexibility index (Phi) is 3.82. The van der Waals surface area contributed by atoms with Crippen LogP contribution < -0.4 is 0 Å². The maximum absolute atomic E-state index is 2.45. The monoisotopic (exact) mass is 182 g/mol. The summed E-state index contributed by atoms with van der Waals surface area (Å²) in [4.78, 5) is 0. The third-order valence-corrected chi connectivity index (χ3v) is 3.59. The smallest absolute Gasteiger partial charge is 0.0351 e. The highest BCUT2D eigenvalue weighted by molar-refractivity contribution is 4.79. The molecule has 1 aliphatic rings. The number of hydrogen-bond donors (Lipinski definition) is 0. The molecule has 0 aliphatic heterocycles. The third-order valence-electron chi connectivity index (χ3n) is 3.59. The Labute approximate surface area is 84.1 Å². The zero-order chi connectivity index (χ0) is 9.90. The minimum atomic E-state index is 0.616. The lowest BCUT2D eigenvalue weighted by Crippen LogP contribution is -2.14. The molecule has 0 radical (unpaired) electrons. The summed E-state index contributed by atoms with van der Waals surface area (Å²) < 4.78 is 0. The van der Waals surface area contributed by atoms with E-state index in [-0.39, 0.29) is 0 Å². The summed E-state index contributed by atoms with van der Waals surface area (Å²) in [5.74, 6) is 1.98. The Morgan fingerprint density at radius 3 is 2.62 bits per heavy atom. The minimum Gasteiger partial charge on any atom is -0.0654 e. The van der Waals surface area contributed by atoms with Crippen molar-refractivity contribution in [2.45, 2.75) is 66.2 Å². The highest BCUT2D eigenvalue weighted by Crippen LogP contribution is 2.40. The first-order valence-electron chi connectivity index (χ1n) is 6.03. The highest BCUT2D eigenvalue weighted by atomic mass is 14.3. The maximum Gasteiger partial charge on any atom is -0.0351 e. The molecule has 1 saturated carbocycles. The Morgan fingerprint density at radius 1 is 1.31 bits per heavy atom. The van der Waals surface area contributed by atoms with Crippen LogP contribution in [0, 0.1) is 17.3 Å². The van der Waals surface area contributed by atoms with E-state index in [1.54, 1.807) is 0 Å². The molecule has 0 aromatic heterocycles. The first kappa shape index (κ1) is 11.1. The molecular weight excluding hydrogens is 156 g/mol. The predicted octanol–water partition coefficient (Wildman–Crippen LogP) is 4.64. The van der Waals surface area contributed by atoms with Gasteiger partial charge >= 0.3 is 0 Å². The lowest BCUT2D eigenvalue weighted by molar-refractivity contribution is 0.257. The fourth-order valence-electron chi connectivity index (χ4n) is 2.92. The first-order chi connectivity index (χ1) is 6.03. The van der Waals surface area contributed by atoms with Gasteiger partial charge < -0.3 is 0 Å². The van der Waals surface area contributed by atoms with E-state index in [2.05, 4.69) is 27.7 Å². The van der Waals surface area contributed by atoms with E-state index < -0.39 is 0 Å². The fraction of sp³-hybridized carbons (Fsp3) is 1.00. The van der Waals surface area contributed by atoms with Gasteiger partial charge in [0.15, 0.2) is 0 Å². The molecule has 2 atom stereocenters. The Hall–Kier alpha value is 0. The summed E-state index contributed by atoms with van der Waals surface area (Å²) in [5, 5.41) is 0. The van der Waals surface area contributed by atoms with Gasteiger partial charge in [0.05, 0.1) is 0 Å². The topological polar surface area (TPSA) is 0 Å². The van der Waals surface area contributed by atoms with Crippen LogP contribution in [0.15, 0.2) is 0 Å².